The van der Waals surface area contributed by atoms with Crippen LogP contribution >= 0.6 is 23.4 Å². The van der Waals surface area contributed by atoms with Crippen LogP contribution in [0.4, 0.5) is 4.39 Å². The highest BCUT2D eigenvalue weighted by Gasteiger charge is 2.29. The average molecular weight is 524 g/mol. The highest BCUT2D eigenvalue weighted by molar-refractivity contribution is 7.99. The third-order valence-corrected chi connectivity index (χ3v) is 8.13. The predicted octanol–water partition coefficient (Wildman–Crippen LogP) is 6.00. The van der Waals surface area contributed by atoms with Crippen LogP contribution in [0.25, 0.3) is 10.9 Å². The summed E-state index contributed by atoms with van der Waals surface area (Å²) >= 11 is 7.47. The van der Waals surface area contributed by atoms with E-state index in [1.807, 2.05) is 24.0 Å². The number of benzene rings is 2. The van der Waals surface area contributed by atoms with Crippen LogP contribution < -0.4 is 0 Å². The highest BCUT2D eigenvalue weighted by atomic mass is 35.5. The van der Waals surface area contributed by atoms with Gasteiger partial charge < -0.3 is 14.6 Å². The maximum Gasteiger partial charge on any atom is 0.335 e. The van der Waals surface area contributed by atoms with Crippen molar-refractivity contribution in [3.8, 4) is 0 Å². The smallest absolute Gasteiger partial charge is 0.335 e. The topological polar surface area (TPSA) is 75.4 Å². The number of rotatable bonds is 6. The molecule has 36 heavy (non-hydrogen) atoms. The number of pyridine rings is 1. The van der Waals surface area contributed by atoms with Gasteiger partial charge in [0.1, 0.15) is 6.54 Å². The third-order valence-electron chi connectivity index (χ3n) is 6.63. The lowest BCUT2D eigenvalue weighted by molar-refractivity contribution is -0.130. The number of hydrogen-bond donors (Lipinski definition) is 1. The van der Waals surface area contributed by atoms with E-state index >= 15 is 4.39 Å². The lowest BCUT2D eigenvalue weighted by atomic mass is 10.00. The minimum atomic E-state index is -1.02. The molecule has 9 heteroatoms. The summed E-state index contributed by atoms with van der Waals surface area (Å²) in [4.78, 5) is 32.1. The number of carbonyl (C=O) groups excluding carboxylic acids is 1. The molecule has 6 nitrogen and oxygen atoms in total. The fourth-order valence-electron chi connectivity index (χ4n) is 4.74. The van der Waals surface area contributed by atoms with Crippen molar-refractivity contribution in [2.75, 3.05) is 13.1 Å². The van der Waals surface area contributed by atoms with E-state index in [0.29, 0.717) is 23.4 Å². The summed E-state index contributed by atoms with van der Waals surface area (Å²) in [6, 6.07) is 13.8. The zero-order valence-corrected chi connectivity index (χ0v) is 21.0. The summed E-state index contributed by atoms with van der Waals surface area (Å²) in [5.41, 5.74) is 2.32. The molecule has 2 aromatic heterocycles. The van der Waals surface area contributed by atoms with Crippen molar-refractivity contribution < 1.29 is 19.1 Å². The Bertz CT molecular complexity index is 1470. The first-order valence-electron chi connectivity index (χ1n) is 11.5. The number of carboxylic acid groups (broad SMARTS) is 1. The lowest BCUT2D eigenvalue weighted by Crippen LogP contribution is -2.32. The standard InChI is InChI=1S/C27H23ClFN3O3S/c1-16-26(36-20-4-2-3-18(13-20)27(34)35)21-5-6-22(28)24(29)25(21)32(16)15-23(33)31-12-9-19(14-31)17-7-10-30-11-8-17/h2-8,10-11,13,19H,9,12,14-15H2,1H3,(H,34,35). The molecule has 1 unspecified atom stereocenters. The lowest BCUT2D eigenvalue weighted by Gasteiger charge is -2.18. The molecule has 1 aliphatic rings. The molecule has 0 spiro atoms. The van der Waals surface area contributed by atoms with Crippen LogP contribution in [0.5, 0.6) is 0 Å². The SMILES string of the molecule is Cc1c(Sc2cccc(C(=O)O)c2)c2ccc(Cl)c(F)c2n1CC(=O)N1CCC(c2ccncc2)C1. The van der Waals surface area contributed by atoms with Crippen molar-refractivity contribution in [2.45, 2.75) is 35.6 Å². The number of nitrogens with zero attached hydrogens (tertiary/aromatic N) is 3. The van der Waals surface area contributed by atoms with Crippen molar-refractivity contribution in [2.24, 2.45) is 0 Å². The summed E-state index contributed by atoms with van der Waals surface area (Å²) in [7, 11) is 0. The van der Waals surface area contributed by atoms with Crippen molar-refractivity contribution in [1.82, 2.24) is 14.5 Å². The third kappa shape index (κ3) is 4.58. The Labute approximate surface area is 216 Å². The molecule has 1 fully saturated rings. The van der Waals surface area contributed by atoms with Crippen LogP contribution in [0.2, 0.25) is 5.02 Å². The van der Waals surface area contributed by atoms with Gasteiger partial charge in [0.2, 0.25) is 5.91 Å². The summed E-state index contributed by atoms with van der Waals surface area (Å²) in [5, 5.41) is 9.96. The Balaban J connectivity index is 1.47. The van der Waals surface area contributed by atoms with Crippen LogP contribution in [0.1, 0.15) is 34.0 Å². The highest BCUT2D eigenvalue weighted by Crippen LogP contribution is 2.41. The molecule has 1 atom stereocenters. The fraction of sp³-hybridized carbons (Fsp3) is 0.222. The Hall–Kier alpha value is -3.36. The molecule has 4 aromatic rings. The fourth-order valence-corrected chi connectivity index (χ4v) is 5.99. The summed E-state index contributed by atoms with van der Waals surface area (Å²) in [5.74, 6) is -1.43. The van der Waals surface area contributed by atoms with Gasteiger partial charge in [-0.05, 0) is 61.4 Å². The Morgan fingerprint density at radius 3 is 2.72 bits per heavy atom. The second-order valence-corrected chi connectivity index (χ2v) is 10.3. The van der Waals surface area contributed by atoms with E-state index in [1.165, 1.54) is 23.9 Å². The molecule has 184 valence electrons. The molecule has 2 aromatic carbocycles. The monoisotopic (exact) mass is 523 g/mol. The number of carbonyl (C=O) groups is 2. The van der Waals surface area contributed by atoms with Gasteiger partial charge in [-0.25, -0.2) is 9.18 Å². The van der Waals surface area contributed by atoms with Gasteiger partial charge in [-0.15, -0.1) is 0 Å². The van der Waals surface area contributed by atoms with Crippen LogP contribution in [0, 0.1) is 12.7 Å². The first kappa shape index (κ1) is 24.3. The maximum atomic E-state index is 15.3. The molecule has 1 amide bonds. The van der Waals surface area contributed by atoms with Crippen molar-refractivity contribution in [3.05, 3.63) is 88.6 Å². The molecule has 5 rings (SSSR count). The molecular formula is C27H23ClFN3O3S. The van der Waals surface area contributed by atoms with Crippen molar-refractivity contribution in [1.29, 1.82) is 0 Å². The maximum absolute atomic E-state index is 15.3. The zero-order chi connectivity index (χ0) is 25.4. The number of fused-ring (bicyclic) bond motifs is 1. The number of hydrogen-bond acceptors (Lipinski definition) is 4. The van der Waals surface area contributed by atoms with Crippen LogP contribution in [0.15, 0.2) is 70.7 Å². The molecule has 1 saturated heterocycles. The molecule has 1 aliphatic heterocycles. The predicted molar refractivity (Wildman–Crippen MR) is 137 cm³/mol. The molecule has 0 bridgehead atoms. The second kappa shape index (κ2) is 9.95. The summed E-state index contributed by atoms with van der Waals surface area (Å²) in [6.45, 7) is 3.07. The van der Waals surface area contributed by atoms with Gasteiger partial charge >= 0.3 is 5.97 Å². The van der Waals surface area contributed by atoms with E-state index in [-0.39, 0.29) is 34.5 Å². The van der Waals surface area contributed by atoms with E-state index in [2.05, 4.69) is 4.98 Å². The number of aromatic nitrogens is 2. The van der Waals surface area contributed by atoms with E-state index in [4.69, 9.17) is 11.6 Å². The van der Waals surface area contributed by atoms with Gasteiger partial charge in [-0.3, -0.25) is 9.78 Å². The summed E-state index contributed by atoms with van der Waals surface area (Å²) < 4.78 is 17.0. The van der Waals surface area contributed by atoms with Gasteiger partial charge in [-0.2, -0.15) is 0 Å². The molecular weight excluding hydrogens is 501 g/mol. The number of aromatic carboxylic acids is 1. The number of halogens is 2. The summed E-state index contributed by atoms with van der Waals surface area (Å²) in [6.07, 6.45) is 4.38. The minimum absolute atomic E-state index is 0.0155. The number of carboxylic acids is 1. The first-order valence-corrected chi connectivity index (χ1v) is 12.7. The number of amides is 1. The van der Waals surface area contributed by atoms with Crippen molar-refractivity contribution >= 4 is 46.1 Å². The normalized spacial score (nSPS) is 15.5. The number of likely N-dealkylation sites (tertiary alicyclic amines) is 1. The molecule has 0 radical (unpaired) electrons. The van der Waals surface area contributed by atoms with Gasteiger partial charge in [0.25, 0.3) is 0 Å². The van der Waals surface area contributed by atoms with Gasteiger partial charge in [-0.1, -0.05) is 29.4 Å². The van der Waals surface area contributed by atoms with Gasteiger partial charge in [0, 0.05) is 52.3 Å². The van der Waals surface area contributed by atoms with Crippen LogP contribution in [-0.4, -0.2) is 44.5 Å². The molecule has 0 saturated carbocycles. The van der Waals surface area contributed by atoms with Gasteiger partial charge in [0.05, 0.1) is 16.1 Å². The Morgan fingerprint density at radius 2 is 1.97 bits per heavy atom. The van der Waals surface area contributed by atoms with Crippen molar-refractivity contribution in [3.63, 3.8) is 0 Å². The van der Waals surface area contributed by atoms with E-state index in [1.54, 1.807) is 41.2 Å². The van der Waals surface area contributed by atoms with E-state index in [0.717, 1.165) is 22.6 Å². The molecule has 0 aliphatic carbocycles. The average Bonchev–Trinajstić information content (AvgIpc) is 3.47. The van der Waals surface area contributed by atoms with E-state index < -0.39 is 11.8 Å². The van der Waals surface area contributed by atoms with E-state index in [9.17, 15) is 14.7 Å². The van der Waals surface area contributed by atoms with Crippen LogP contribution in [0.3, 0.4) is 0 Å². The quantitative estimate of drug-likeness (QED) is 0.335. The molecule has 3 heterocycles. The molecule has 1 N–H and O–H groups in total. The van der Waals surface area contributed by atoms with Crippen LogP contribution in [-0.2, 0) is 11.3 Å². The minimum Gasteiger partial charge on any atom is -0.478 e. The van der Waals surface area contributed by atoms with Gasteiger partial charge in [0.15, 0.2) is 5.82 Å². The largest absolute Gasteiger partial charge is 0.478 e. The Morgan fingerprint density at radius 1 is 1.19 bits per heavy atom. The first-order chi connectivity index (χ1) is 17.3. The zero-order valence-electron chi connectivity index (χ0n) is 19.4. The Kier molecular flexibility index (Phi) is 6.73. The second-order valence-electron chi connectivity index (χ2n) is 8.80.